The number of rotatable bonds is 5. The van der Waals surface area contributed by atoms with Gasteiger partial charge in [0.2, 0.25) is 0 Å². The Morgan fingerprint density at radius 1 is 1.35 bits per heavy atom. The first kappa shape index (κ1) is 16.1. The maximum absolute atomic E-state index is 6.40. The van der Waals surface area contributed by atoms with E-state index in [0.29, 0.717) is 5.02 Å². The molecule has 4 heteroatoms. The predicted molar refractivity (Wildman–Crippen MR) is 85.7 cm³/mol. The summed E-state index contributed by atoms with van der Waals surface area (Å²) < 4.78 is 6.11. The Bertz CT molecular complexity index is 444. The van der Waals surface area contributed by atoms with Gasteiger partial charge in [0.25, 0.3) is 0 Å². The van der Waals surface area contributed by atoms with Crippen molar-refractivity contribution in [3.8, 4) is 0 Å². The Kier molecular flexibility index (Phi) is 5.74. The maximum Gasteiger partial charge on any atom is 0.0848 e. The molecule has 1 aromatic rings. The summed E-state index contributed by atoms with van der Waals surface area (Å²) in [6.07, 6.45) is 4.44. The maximum atomic E-state index is 6.40. The Labute approximate surface area is 131 Å². The van der Waals surface area contributed by atoms with E-state index in [1.807, 2.05) is 18.2 Å². The van der Waals surface area contributed by atoms with E-state index < -0.39 is 0 Å². The molecule has 2 unspecified atom stereocenters. The summed E-state index contributed by atoms with van der Waals surface area (Å²) >= 11 is 12.5. The number of halogens is 2. The van der Waals surface area contributed by atoms with E-state index in [0.717, 1.165) is 43.0 Å². The molecule has 0 amide bonds. The van der Waals surface area contributed by atoms with Gasteiger partial charge >= 0.3 is 0 Å². The summed E-state index contributed by atoms with van der Waals surface area (Å²) in [6, 6.07) is 5.73. The molecule has 1 aliphatic heterocycles. The van der Waals surface area contributed by atoms with E-state index in [4.69, 9.17) is 27.9 Å². The van der Waals surface area contributed by atoms with Gasteiger partial charge in [-0.1, -0.05) is 30.1 Å². The van der Waals surface area contributed by atoms with Crippen LogP contribution in [0.4, 0.5) is 0 Å². The van der Waals surface area contributed by atoms with Crippen LogP contribution in [0.25, 0.3) is 0 Å². The standard InChI is InChI=1S/C16H23Cl2NO/c1-3-9-19-15(16(2)8-4-5-10-20-16)13-11-12(17)6-7-14(13)18/h6-7,11,15,19H,3-5,8-10H2,1-2H3. The lowest BCUT2D eigenvalue weighted by atomic mass is 9.84. The van der Waals surface area contributed by atoms with Gasteiger partial charge in [0.15, 0.2) is 0 Å². The minimum Gasteiger partial charge on any atom is -0.373 e. The van der Waals surface area contributed by atoms with E-state index in [-0.39, 0.29) is 11.6 Å². The third-order valence-electron chi connectivity index (χ3n) is 3.98. The average molecular weight is 316 g/mol. The number of hydrogen-bond donors (Lipinski definition) is 1. The van der Waals surface area contributed by atoms with E-state index in [2.05, 4.69) is 19.2 Å². The van der Waals surface area contributed by atoms with Crippen molar-refractivity contribution >= 4 is 23.2 Å². The third-order valence-corrected chi connectivity index (χ3v) is 4.56. The lowest BCUT2D eigenvalue weighted by molar-refractivity contribution is -0.0897. The number of hydrogen-bond acceptors (Lipinski definition) is 2. The Morgan fingerprint density at radius 2 is 2.15 bits per heavy atom. The van der Waals surface area contributed by atoms with Crippen molar-refractivity contribution in [1.29, 1.82) is 0 Å². The molecule has 112 valence electrons. The van der Waals surface area contributed by atoms with Crippen LogP contribution in [-0.2, 0) is 4.74 Å². The van der Waals surface area contributed by atoms with Crippen LogP contribution in [0.15, 0.2) is 18.2 Å². The van der Waals surface area contributed by atoms with Gasteiger partial charge in [-0.2, -0.15) is 0 Å². The fourth-order valence-corrected chi connectivity index (χ4v) is 3.27. The van der Waals surface area contributed by atoms with Crippen molar-refractivity contribution in [2.45, 2.75) is 51.2 Å². The van der Waals surface area contributed by atoms with Crippen LogP contribution >= 0.6 is 23.2 Å². The molecule has 0 aliphatic carbocycles. The molecule has 1 N–H and O–H groups in total. The highest BCUT2D eigenvalue weighted by molar-refractivity contribution is 6.33. The second-order valence-electron chi connectivity index (χ2n) is 5.67. The number of benzene rings is 1. The van der Waals surface area contributed by atoms with Gasteiger partial charge in [-0.05, 0) is 62.9 Å². The first-order valence-corrected chi connectivity index (χ1v) is 8.14. The highest BCUT2D eigenvalue weighted by atomic mass is 35.5. The van der Waals surface area contributed by atoms with E-state index >= 15 is 0 Å². The predicted octanol–water partition coefficient (Wildman–Crippen LogP) is 4.99. The highest BCUT2D eigenvalue weighted by Crippen LogP contribution is 2.39. The number of nitrogens with one attached hydrogen (secondary N) is 1. The molecule has 2 atom stereocenters. The fraction of sp³-hybridized carbons (Fsp3) is 0.625. The second kappa shape index (κ2) is 7.13. The molecule has 2 rings (SSSR count). The molecule has 2 nitrogen and oxygen atoms in total. The van der Waals surface area contributed by atoms with E-state index in [1.165, 1.54) is 6.42 Å². The van der Waals surface area contributed by atoms with Crippen LogP contribution in [-0.4, -0.2) is 18.8 Å². The molecule has 0 bridgehead atoms. The quantitative estimate of drug-likeness (QED) is 0.826. The summed E-state index contributed by atoms with van der Waals surface area (Å²) in [5.41, 5.74) is 0.818. The average Bonchev–Trinajstić information content (AvgIpc) is 2.43. The van der Waals surface area contributed by atoms with E-state index in [9.17, 15) is 0 Å². The minimum atomic E-state index is -0.220. The van der Waals surface area contributed by atoms with Gasteiger partial charge in [-0.25, -0.2) is 0 Å². The normalized spacial score (nSPS) is 24.6. The summed E-state index contributed by atoms with van der Waals surface area (Å²) in [5, 5.41) is 5.06. The van der Waals surface area contributed by atoms with E-state index in [1.54, 1.807) is 0 Å². The SMILES string of the molecule is CCCNC(c1cc(Cl)ccc1Cl)C1(C)CCCCO1. The second-order valence-corrected chi connectivity index (χ2v) is 6.51. The lowest BCUT2D eigenvalue weighted by Gasteiger charge is -2.41. The molecular weight excluding hydrogens is 293 g/mol. The molecule has 0 saturated carbocycles. The van der Waals surface area contributed by atoms with Crippen LogP contribution in [0.1, 0.15) is 51.1 Å². The van der Waals surface area contributed by atoms with Crippen LogP contribution in [0.2, 0.25) is 10.0 Å². The lowest BCUT2D eigenvalue weighted by Crippen LogP contribution is -2.46. The topological polar surface area (TPSA) is 21.3 Å². The first-order valence-electron chi connectivity index (χ1n) is 7.39. The molecule has 1 aromatic carbocycles. The zero-order valence-corrected chi connectivity index (χ0v) is 13.7. The summed E-state index contributed by atoms with van der Waals surface area (Å²) in [7, 11) is 0. The number of ether oxygens (including phenoxy) is 1. The highest BCUT2D eigenvalue weighted by Gasteiger charge is 2.38. The molecule has 0 spiro atoms. The zero-order valence-electron chi connectivity index (χ0n) is 12.2. The summed E-state index contributed by atoms with van der Waals surface area (Å²) in [5.74, 6) is 0. The largest absolute Gasteiger partial charge is 0.373 e. The van der Waals surface area contributed by atoms with Crippen molar-refractivity contribution in [3.63, 3.8) is 0 Å². The van der Waals surface area contributed by atoms with Crippen molar-refractivity contribution in [2.75, 3.05) is 13.2 Å². The molecule has 1 aliphatic rings. The van der Waals surface area contributed by atoms with Crippen molar-refractivity contribution in [2.24, 2.45) is 0 Å². The van der Waals surface area contributed by atoms with Gasteiger partial charge in [-0.3, -0.25) is 0 Å². The summed E-state index contributed by atoms with van der Waals surface area (Å²) in [6.45, 7) is 6.09. The zero-order chi connectivity index (χ0) is 14.6. The van der Waals surface area contributed by atoms with Gasteiger partial charge < -0.3 is 10.1 Å². The first-order chi connectivity index (χ1) is 9.57. The molecule has 1 heterocycles. The molecular formula is C16H23Cl2NO. The Balaban J connectivity index is 2.33. The molecule has 0 aromatic heterocycles. The van der Waals surface area contributed by atoms with Crippen molar-refractivity contribution < 1.29 is 4.74 Å². The van der Waals surface area contributed by atoms with Crippen LogP contribution < -0.4 is 5.32 Å². The van der Waals surface area contributed by atoms with Crippen molar-refractivity contribution in [3.05, 3.63) is 33.8 Å². The smallest absolute Gasteiger partial charge is 0.0848 e. The molecule has 0 radical (unpaired) electrons. The summed E-state index contributed by atoms with van der Waals surface area (Å²) in [4.78, 5) is 0. The molecule has 20 heavy (non-hydrogen) atoms. The third kappa shape index (κ3) is 3.67. The van der Waals surface area contributed by atoms with Gasteiger partial charge in [0.05, 0.1) is 11.6 Å². The van der Waals surface area contributed by atoms with Gasteiger partial charge in [0.1, 0.15) is 0 Å². The monoisotopic (exact) mass is 315 g/mol. The minimum absolute atomic E-state index is 0.0777. The van der Waals surface area contributed by atoms with Gasteiger partial charge in [0, 0.05) is 16.7 Å². The van der Waals surface area contributed by atoms with Gasteiger partial charge in [-0.15, -0.1) is 0 Å². The Morgan fingerprint density at radius 3 is 2.80 bits per heavy atom. The van der Waals surface area contributed by atoms with Crippen LogP contribution in [0, 0.1) is 0 Å². The van der Waals surface area contributed by atoms with Crippen LogP contribution in [0.3, 0.4) is 0 Å². The van der Waals surface area contributed by atoms with Crippen molar-refractivity contribution in [1.82, 2.24) is 5.32 Å². The Hall–Kier alpha value is -0.280. The fourth-order valence-electron chi connectivity index (χ4n) is 2.86. The molecule has 1 saturated heterocycles. The molecule has 1 fully saturated rings. The van der Waals surface area contributed by atoms with Crippen LogP contribution in [0.5, 0.6) is 0 Å².